The van der Waals surface area contributed by atoms with Gasteiger partial charge in [-0.25, -0.2) is 0 Å². The van der Waals surface area contributed by atoms with Gasteiger partial charge in [-0.2, -0.15) is 0 Å². The Labute approximate surface area is 108 Å². The Morgan fingerprint density at radius 3 is 2.89 bits per heavy atom. The molecule has 1 N–H and O–H groups in total. The third-order valence-electron chi connectivity index (χ3n) is 3.66. The lowest BCUT2D eigenvalue weighted by molar-refractivity contribution is 0.174. The van der Waals surface area contributed by atoms with E-state index in [1.807, 2.05) is 6.07 Å². The van der Waals surface area contributed by atoms with Crippen LogP contribution in [0.5, 0.6) is 11.5 Å². The van der Waals surface area contributed by atoms with Gasteiger partial charge in [0.1, 0.15) is 0 Å². The summed E-state index contributed by atoms with van der Waals surface area (Å²) >= 11 is 0. The summed E-state index contributed by atoms with van der Waals surface area (Å²) in [6.45, 7) is 4.99. The maximum Gasteiger partial charge on any atom is 0.231 e. The number of benzene rings is 1. The summed E-state index contributed by atoms with van der Waals surface area (Å²) in [5, 5.41) is 3.31. The van der Waals surface area contributed by atoms with Crippen molar-refractivity contribution in [2.24, 2.45) is 5.92 Å². The molecular weight excluding hydrogens is 228 g/mol. The molecule has 98 valence electrons. The molecule has 3 rings (SSSR count). The van der Waals surface area contributed by atoms with Crippen molar-refractivity contribution in [2.75, 3.05) is 40.0 Å². The second-order valence-electron chi connectivity index (χ2n) is 5.22. The van der Waals surface area contributed by atoms with E-state index in [1.165, 1.54) is 25.2 Å². The summed E-state index contributed by atoms with van der Waals surface area (Å²) in [5.41, 5.74) is 1.32. The molecular formula is C14H20N2O2. The minimum Gasteiger partial charge on any atom is -0.454 e. The van der Waals surface area contributed by atoms with E-state index < -0.39 is 0 Å². The Bertz CT molecular complexity index is 418. The van der Waals surface area contributed by atoms with Crippen LogP contribution in [-0.2, 0) is 6.42 Å². The third-order valence-corrected chi connectivity index (χ3v) is 3.66. The number of hydrogen-bond donors (Lipinski definition) is 1. The molecule has 0 radical (unpaired) electrons. The van der Waals surface area contributed by atoms with Crippen LogP contribution in [0.2, 0.25) is 0 Å². The minimum atomic E-state index is 0.355. The van der Waals surface area contributed by atoms with Gasteiger partial charge < -0.3 is 19.7 Å². The molecule has 1 aromatic rings. The van der Waals surface area contributed by atoms with Crippen LogP contribution in [0.15, 0.2) is 18.2 Å². The van der Waals surface area contributed by atoms with Crippen molar-refractivity contribution in [1.82, 2.24) is 10.2 Å². The van der Waals surface area contributed by atoms with Gasteiger partial charge in [-0.1, -0.05) is 6.07 Å². The fraction of sp³-hybridized carbons (Fsp3) is 0.571. The fourth-order valence-corrected chi connectivity index (χ4v) is 2.43. The van der Waals surface area contributed by atoms with E-state index >= 15 is 0 Å². The predicted octanol–water partition coefficient (Wildman–Crippen LogP) is 1.11. The molecule has 0 bridgehead atoms. The van der Waals surface area contributed by atoms with E-state index in [2.05, 4.69) is 29.4 Å². The van der Waals surface area contributed by atoms with Crippen LogP contribution < -0.4 is 14.8 Å². The maximum atomic E-state index is 5.39. The molecule has 0 spiro atoms. The van der Waals surface area contributed by atoms with E-state index in [9.17, 15) is 0 Å². The Kier molecular flexibility index (Phi) is 3.39. The first-order valence-electron chi connectivity index (χ1n) is 6.59. The van der Waals surface area contributed by atoms with E-state index in [0.29, 0.717) is 6.79 Å². The number of fused-ring (bicyclic) bond motifs is 1. The van der Waals surface area contributed by atoms with Crippen LogP contribution in [0.4, 0.5) is 0 Å². The zero-order valence-electron chi connectivity index (χ0n) is 10.8. The van der Waals surface area contributed by atoms with Crippen molar-refractivity contribution in [3.05, 3.63) is 23.8 Å². The standard InChI is InChI=1S/C14H20N2O2/c1-16(9-12-7-15-8-12)5-4-11-2-3-13-14(6-11)18-10-17-13/h2-3,6,12,15H,4-5,7-10H2,1H3. The molecule has 2 aliphatic rings. The van der Waals surface area contributed by atoms with Gasteiger partial charge in [0.25, 0.3) is 0 Å². The van der Waals surface area contributed by atoms with Crippen molar-refractivity contribution in [2.45, 2.75) is 6.42 Å². The van der Waals surface area contributed by atoms with Gasteiger partial charge in [0.05, 0.1) is 0 Å². The van der Waals surface area contributed by atoms with Crippen LogP contribution >= 0.6 is 0 Å². The normalized spacial score (nSPS) is 18.1. The highest BCUT2D eigenvalue weighted by Gasteiger charge is 2.18. The zero-order chi connectivity index (χ0) is 12.4. The summed E-state index contributed by atoms with van der Waals surface area (Å²) in [5.74, 6) is 2.60. The highest BCUT2D eigenvalue weighted by molar-refractivity contribution is 5.44. The molecule has 1 aromatic carbocycles. The molecule has 1 fully saturated rings. The summed E-state index contributed by atoms with van der Waals surface area (Å²) in [4.78, 5) is 2.41. The SMILES string of the molecule is CN(CCc1ccc2c(c1)OCO2)CC1CNC1. The van der Waals surface area contributed by atoms with E-state index in [0.717, 1.165) is 30.4 Å². The molecule has 0 unspecified atom stereocenters. The van der Waals surface area contributed by atoms with Gasteiger partial charge in [0, 0.05) is 26.2 Å². The number of nitrogens with one attached hydrogen (secondary N) is 1. The van der Waals surface area contributed by atoms with Crippen molar-refractivity contribution in [3.8, 4) is 11.5 Å². The van der Waals surface area contributed by atoms with Crippen LogP contribution in [0, 0.1) is 5.92 Å². The summed E-state index contributed by atoms with van der Waals surface area (Å²) in [6, 6.07) is 6.24. The lowest BCUT2D eigenvalue weighted by Gasteiger charge is -2.31. The van der Waals surface area contributed by atoms with Gasteiger partial charge in [-0.15, -0.1) is 0 Å². The van der Waals surface area contributed by atoms with Crippen molar-refractivity contribution < 1.29 is 9.47 Å². The average molecular weight is 248 g/mol. The first-order chi connectivity index (χ1) is 8.81. The first-order valence-corrected chi connectivity index (χ1v) is 6.59. The Morgan fingerprint density at radius 2 is 2.11 bits per heavy atom. The zero-order valence-corrected chi connectivity index (χ0v) is 10.8. The maximum absolute atomic E-state index is 5.39. The molecule has 0 amide bonds. The fourth-order valence-electron chi connectivity index (χ4n) is 2.43. The van der Waals surface area contributed by atoms with E-state index in [1.54, 1.807) is 0 Å². The Hall–Kier alpha value is -1.26. The first kappa shape index (κ1) is 11.8. The molecule has 18 heavy (non-hydrogen) atoms. The van der Waals surface area contributed by atoms with Crippen LogP contribution in [0.1, 0.15) is 5.56 Å². The number of hydrogen-bond acceptors (Lipinski definition) is 4. The molecule has 0 aliphatic carbocycles. The minimum absolute atomic E-state index is 0.355. The largest absolute Gasteiger partial charge is 0.454 e. The van der Waals surface area contributed by atoms with Crippen LogP contribution in [0.25, 0.3) is 0 Å². The van der Waals surface area contributed by atoms with Gasteiger partial charge in [0.2, 0.25) is 6.79 Å². The number of nitrogens with zero attached hydrogens (tertiary/aromatic N) is 1. The molecule has 2 heterocycles. The second-order valence-corrected chi connectivity index (χ2v) is 5.22. The Balaban J connectivity index is 1.50. The van der Waals surface area contributed by atoms with Gasteiger partial charge >= 0.3 is 0 Å². The lowest BCUT2D eigenvalue weighted by Crippen LogP contribution is -2.47. The third kappa shape index (κ3) is 2.60. The quantitative estimate of drug-likeness (QED) is 0.846. The predicted molar refractivity (Wildman–Crippen MR) is 70.1 cm³/mol. The van der Waals surface area contributed by atoms with E-state index in [-0.39, 0.29) is 0 Å². The van der Waals surface area contributed by atoms with E-state index in [4.69, 9.17) is 9.47 Å². The van der Waals surface area contributed by atoms with Gasteiger partial charge in [0.15, 0.2) is 11.5 Å². The summed E-state index contributed by atoms with van der Waals surface area (Å²) in [7, 11) is 2.20. The van der Waals surface area contributed by atoms with Crippen molar-refractivity contribution in [3.63, 3.8) is 0 Å². The van der Waals surface area contributed by atoms with Crippen LogP contribution in [0.3, 0.4) is 0 Å². The van der Waals surface area contributed by atoms with Crippen molar-refractivity contribution >= 4 is 0 Å². The topological polar surface area (TPSA) is 33.7 Å². The average Bonchev–Trinajstić information content (AvgIpc) is 2.78. The number of likely N-dealkylation sites (N-methyl/N-ethyl adjacent to an activating group) is 1. The molecule has 2 aliphatic heterocycles. The number of ether oxygens (including phenoxy) is 2. The number of rotatable bonds is 5. The summed E-state index contributed by atoms with van der Waals surface area (Å²) in [6.07, 6.45) is 1.06. The second kappa shape index (κ2) is 5.16. The molecule has 0 atom stereocenters. The molecule has 4 nitrogen and oxygen atoms in total. The molecule has 1 saturated heterocycles. The molecule has 0 aromatic heterocycles. The smallest absolute Gasteiger partial charge is 0.231 e. The lowest BCUT2D eigenvalue weighted by atomic mass is 10.0. The van der Waals surface area contributed by atoms with Crippen LogP contribution in [-0.4, -0.2) is 44.9 Å². The van der Waals surface area contributed by atoms with Gasteiger partial charge in [-0.3, -0.25) is 0 Å². The van der Waals surface area contributed by atoms with Crippen molar-refractivity contribution in [1.29, 1.82) is 0 Å². The summed E-state index contributed by atoms with van der Waals surface area (Å²) < 4.78 is 10.7. The van der Waals surface area contributed by atoms with Gasteiger partial charge in [-0.05, 0) is 37.1 Å². The Morgan fingerprint density at radius 1 is 1.28 bits per heavy atom. The highest BCUT2D eigenvalue weighted by atomic mass is 16.7. The molecule has 4 heteroatoms. The highest BCUT2D eigenvalue weighted by Crippen LogP contribution is 2.32. The monoisotopic (exact) mass is 248 g/mol. The molecule has 0 saturated carbocycles.